The Balaban J connectivity index is 0.00000121. The number of rotatable bonds is 2. The van der Waals surface area contributed by atoms with Crippen LogP contribution in [0.1, 0.15) is 32.3 Å². The number of hydrogen-bond acceptors (Lipinski definition) is 1. The molecule has 0 aliphatic carbocycles. The van der Waals surface area contributed by atoms with E-state index in [2.05, 4.69) is 51.1 Å². The fraction of sp³-hybridized carbons (Fsp3) is 0.455. The molecule has 0 heterocycles. The molecule has 1 rings (SSSR count). The fourth-order valence-corrected chi connectivity index (χ4v) is 1.14. The Labute approximate surface area is 75.4 Å². The molecule has 0 aliphatic heterocycles. The van der Waals surface area contributed by atoms with Gasteiger partial charge in [0, 0.05) is 0 Å². The highest BCUT2D eigenvalue weighted by atomic mass is 14.1. The minimum absolute atomic E-state index is 0. The van der Waals surface area contributed by atoms with Crippen LogP contribution in [0.5, 0.6) is 0 Å². The Bertz CT molecular complexity index is 204. The zero-order valence-corrected chi connectivity index (χ0v) is 8.25. The number of benzene rings is 1. The topological polar surface area (TPSA) is 35.0 Å². The molecule has 1 atom stereocenters. The van der Waals surface area contributed by atoms with Crippen LogP contribution in [0.2, 0.25) is 0 Å². The van der Waals surface area contributed by atoms with E-state index in [4.69, 9.17) is 0 Å². The van der Waals surface area contributed by atoms with E-state index < -0.39 is 0 Å². The standard InChI is InChI=1S/C11H16.H3N/c1-9(2)10(3)11-7-5-4-6-8-11;/h4-10H,1-3H3;1H3. The van der Waals surface area contributed by atoms with E-state index in [0.717, 1.165) is 5.92 Å². The van der Waals surface area contributed by atoms with Crippen molar-refractivity contribution in [3.8, 4) is 0 Å². The second kappa shape index (κ2) is 4.94. The predicted octanol–water partition coefficient (Wildman–Crippen LogP) is 3.61. The highest BCUT2D eigenvalue weighted by Crippen LogP contribution is 2.22. The third-order valence-electron chi connectivity index (χ3n) is 2.33. The molecule has 1 aromatic carbocycles. The first-order valence-electron chi connectivity index (χ1n) is 4.26. The summed E-state index contributed by atoms with van der Waals surface area (Å²) in [6, 6.07) is 10.7. The molecule has 0 spiro atoms. The van der Waals surface area contributed by atoms with Gasteiger partial charge in [-0.25, -0.2) is 0 Å². The van der Waals surface area contributed by atoms with Crippen molar-refractivity contribution in [1.29, 1.82) is 0 Å². The molecule has 1 unspecified atom stereocenters. The van der Waals surface area contributed by atoms with Crippen LogP contribution in [0.3, 0.4) is 0 Å². The van der Waals surface area contributed by atoms with Gasteiger partial charge >= 0.3 is 0 Å². The van der Waals surface area contributed by atoms with E-state index in [-0.39, 0.29) is 6.15 Å². The first-order chi connectivity index (χ1) is 5.22. The Morgan fingerprint density at radius 2 is 1.42 bits per heavy atom. The summed E-state index contributed by atoms with van der Waals surface area (Å²) < 4.78 is 0. The van der Waals surface area contributed by atoms with E-state index in [9.17, 15) is 0 Å². The van der Waals surface area contributed by atoms with Gasteiger partial charge in [-0.2, -0.15) is 0 Å². The summed E-state index contributed by atoms with van der Waals surface area (Å²) in [6.07, 6.45) is 0. The second-order valence-corrected chi connectivity index (χ2v) is 3.44. The van der Waals surface area contributed by atoms with Gasteiger partial charge in [-0.05, 0) is 17.4 Å². The van der Waals surface area contributed by atoms with Crippen molar-refractivity contribution >= 4 is 0 Å². The Hall–Kier alpha value is -0.820. The molecule has 12 heavy (non-hydrogen) atoms. The van der Waals surface area contributed by atoms with Crippen molar-refractivity contribution in [2.45, 2.75) is 26.7 Å². The highest BCUT2D eigenvalue weighted by Gasteiger charge is 2.07. The van der Waals surface area contributed by atoms with Crippen LogP contribution >= 0.6 is 0 Å². The van der Waals surface area contributed by atoms with Crippen LogP contribution in [0, 0.1) is 5.92 Å². The molecule has 0 aliphatic rings. The normalized spacial score (nSPS) is 12.3. The van der Waals surface area contributed by atoms with Gasteiger partial charge in [0.2, 0.25) is 0 Å². The molecule has 0 fully saturated rings. The van der Waals surface area contributed by atoms with Gasteiger partial charge in [0.05, 0.1) is 0 Å². The zero-order valence-electron chi connectivity index (χ0n) is 8.25. The summed E-state index contributed by atoms with van der Waals surface area (Å²) in [6.45, 7) is 6.80. The van der Waals surface area contributed by atoms with E-state index in [1.165, 1.54) is 5.56 Å². The van der Waals surface area contributed by atoms with E-state index in [1.54, 1.807) is 0 Å². The van der Waals surface area contributed by atoms with Gasteiger partial charge in [-0.15, -0.1) is 0 Å². The van der Waals surface area contributed by atoms with Gasteiger partial charge in [-0.3, -0.25) is 0 Å². The van der Waals surface area contributed by atoms with Crippen LogP contribution in [0.25, 0.3) is 0 Å². The van der Waals surface area contributed by atoms with Crippen molar-refractivity contribution < 1.29 is 0 Å². The molecular weight excluding hydrogens is 146 g/mol. The molecule has 0 radical (unpaired) electrons. The molecule has 1 heteroatoms. The molecule has 0 saturated heterocycles. The van der Waals surface area contributed by atoms with Crippen molar-refractivity contribution in [2.75, 3.05) is 0 Å². The Morgan fingerprint density at radius 3 is 1.83 bits per heavy atom. The Kier molecular flexibility index (Phi) is 4.60. The van der Waals surface area contributed by atoms with Crippen molar-refractivity contribution in [2.24, 2.45) is 5.92 Å². The lowest BCUT2D eigenvalue weighted by Gasteiger charge is -2.15. The van der Waals surface area contributed by atoms with E-state index in [1.807, 2.05) is 0 Å². The van der Waals surface area contributed by atoms with Crippen LogP contribution in [0.4, 0.5) is 0 Å². The van der Waals surface area contributed by atoms with Crippen molar-refractivity contribution in [3.05, 3.63) is 35.9 Å². The predicted molar refractivity (Wildman–Crippen MR) is 54.7 cm³/mol. The van der Waals surface area contributed by atoms with Gasteiger partial charge in [0.15, 0.2) is 0 Å². The van der Waals surface area contributed by atoms with E-state index in [0.29, 0.717) is 5.92 Å². The summed E-state index contributed by atoms with van der Waals surface area (Å²) >= 11 is 0. The quantitative estimate of drug-likeness (QED) is 0.713. The maximum atomic E-state index is 2.28. The summed E-state index contributed by atoms with van der Waals surface area (Å²) in [5.41, 5.74) is 1.45. The molecule has 1 nitrogen and oxygen atoms in total. The minimum Gasteiger partial charge on any atom is -0.344 e. The fourth-order valence-electron chi connectivity index (χ4n) is 1.14. The smallest absolute Gasteiger partial charge is 0.0167 e. The number of hydrogen-bond donors (Lipinski definition) is 1. The summed E-state index contributed by atoms with van der Waals surface area (Å²) in [4.78, 5) is 0. The van der Waals surface area contributed by atoms with Gasteiger partial charge in [-0.1, -0.05) is 51.1 Å². The monoisotopic (exact) mass is 165 g/mol. The average Bonchev–Trinajstić information content (AvgIpc) is 2.05. The van der Waals surface area contributed by atoms with E-state index >= 15 is 0 Å². The lowest BCUT2D eigenvalue weighted by Crippen LogP contribution is -2.00. The van der Waals surface area contributed by atoms with Gasteiger partial charge in [0.1, 0.15) is 0 Å². The maximum absolute atomic E-state index is 2.28. The molecule has 0 aromatic heterocycles. The third-order valence-corrected chi connectivity index (χ3v) is 2.33. The summed E-state index contributed by atoms with van der Waals surface area (Å²) in [7, 11) is 0. The van der Waals surface area contributed by atoms with Gasteiger partial charge in [0.25, 0.3) is 0 Å². The Morgan fingerprint density at radius 1 is 0.917 bits per heavy atom. The molecule has 0 bridgehead atoms. The first kappa shape index (κ1) is 11.2. The molecule has 68 valence electrons. The third kappa shape index (κ3) is 2.67. The van der Waals surface area contributed by atoms with Crippen LogP contribution in [-0.4, -0.2) is 0 Å². The van der Waals surface area contributed by atoms with Gasteiger partial charge < -0.3 is 6.15 Å². The average molecular weight is 165 g/mol. The molecule has 1 aromatic rings. The second-order valence-electron chi connectivity index (χ2n) is 3.44. The van der Waals surface area contributed by atoms with Crippen LogP contribution in [-0.2, 0) is 0 Å². The lowest BCUT2D eigenvalue weighted by atomic mass is 9.91. The van der Waals surface area contributed by atoms with Crippen molar-refractivity contribution in [3.63, 3.8) is 0 Å². The minimum atomic E-state index is 0. The molecular formula is C11H19N. The molecule has 3 N–H and O–H groups in total. The molecule has 0 saturated carbocycles. The largest absolute Gasteiger partial charge is 0.344 e. The van der Waals surface area contributed by atoms with Crippen LogP contribution < -0.4 is 6.15 Å². The maximum Gasteiger partial charge on any atom is -0.0167 e. The lowest BCUT2D eigenvalue weighted by molar-refractivity contribution is 0.535. The summed E-state index contributed by atoms with van der Waals surface area (Å²) in [5, 5.41) is 0. The molecule has 0 amide bonds. The first-order valence-corrected chi connectivity index (χ1v) is 4.26. The van der Waals surface area contributed by atoms with Crippen molar-refractivity contribution in [1.82, 2.24) is 6.15 Å². The summed E-state index contributed by atoms with van der Waals surface area (Å²) in [5.74, 6) is 1.41. The van der Waals surface area contributed by atoms with Crippen LogP contribution in [0.15, 0.2) is 30.3 Å². The SMILES string of the molecule is CC(C)C(C)c1ccccc1.N. The highest BCUT2D eigenvalue weighted by molar-refractivity contribution is 5.18. The zero-order chi connectivity index (χ0) is 8.27.